The maximum atomic E-state index is 12.2. The first-order chi connectivity index (χ1) is 9.08. The van der Waals surface area contributed by atoms with Crippen molar-refractivity contribution >= 4 is 9.84 Å². The summed E-state index contributed by atoms with van der Waals surface area (Å²) in [7, 11) is -3.09. The van der Waals surface area contributed by atoms with Gasteiger partial charge < -0.3 is 5.32 Å². The zero-order chi connectivity index (χ0) is 13.7. The van der Waals surface area contributed by atoms with E-state index in [9.17, 15) is 8.42 Å². The Morgan fingerprint density at radius 1 is 1.16 bits per heavy atom. The topological polar surface area (TPSA) is 46.2 Å². The van der Waals surface area contributed by atoms with E-state index in [1.165, 1.54) is 12.8 Å². The predicted octanol–water partition coefficient (Wildman–Crippen LogP) is 2.55. The highest BCUT2D eigenvalue weighted by atomic mass is 32.2. The number of hydrogen-bond donors (Lipinski definition) is 1. The maximum absolute atomic E-state index is 12.2. The van der Waals surface area contributed by atoms with Crippen LogP contribution >= 0.6 is 0 Å². The average Bonchev–Trinajstić information content (AvgIpc) is 2.40. The van der Waals surface area contributed by atoms with Crippen LogP contribution in [0.15, 0.2) is 29.2 Å². The first-order valence-electron chi connectivity index (χ1n) is 7.08. The summed E-state index contributed by atoms with van der Waals surface area (Å²) in [6.07, 6.45) is 4.18. The largest absolute Gasteiger partial charge is 0.317 e. The molecule has 106 valence electrons. The molecule has 0 aromatic heterocycles. The van der Waals surface area contributed by atoms with E-state index in [-0.39, 0.29) is 5.75 Å². The van der Waals surface area contributed by atoms with Crippen molar-refractivity contribution in [2.24, 2.45) is 5.92 Å². The summed E-state index contributed by atoms with van der Waals surface area (Å²) in [5, 5.41) is 3.33. The van der Waals surface area contributed by atoms with E-state index in [2.05, 4.69) is 5.32 Å². The Kier molecular flexibility index (Phi) is 4.99. The lowest BCUT2D eigenvalue weighted by atomic mass is 9.94. The number of nitrogens with one attached hydrogen (secondary N) is 1. The molecule has 0 aliphatic carbocycles. The third-order valence-electron chi connectivity index (χ3n) is 3.86. The highest BCUT2D eigenvalue weighted by molar-refractivity contribution is 7.91. The molecular weight excluding hydrogens is 258 g/mol. The van der Waals surface area contributed by atoms with Crippen LogP contribution in [0.25, 0.3) is 0 Å². The van der Waals surface area contributed by atoms with Crippen LogP contribution in [-0.4, -0.2) is 27.3 Å². The molecule has 1 aromatic rings. The van der Waals surface area contributed by atoms with Crippen molar-refractivity contribution < 1.29 is 8.42 Å². The monoisotopic (exact) mass is 281 g/mol. The second kappa shape index (κ2) is 6.53. The molecular formula is C15H23NO2S. The summed E-state index contributed by atoms with van der Waals surface area (Å²) >= 11 is 0. The van der Waals surface area contributed by atoms with Gasteiger partial charge in [-0.3, -0.25) is 0 Å². The highest BCUT2D eigenvalue weighted by Crippen LogP contribution is 2.20. The molecule has 1 heterocycles. The van der Waals surface area contributed by atoms with Crippen LogP contribution in [-0.2, 0) is 9.84 Å². The molecule has 1 aliphatic rings. The normalized spacial score (nSPS) is 17.5. The second-order valence-electron chi connectivity index (χ2n) is 5.47. The fraction of sp³-hybridized carbons (Fsp3) is 0.600. The number of rotatable bonds is 5. The molecule has 1 aromatic carbocycles. The lowest BCUT2D eigenvalue weighted by Crippen LogP contribution is -2.27. The Hall–Kier alpha value is -0.870. The van der Waals surface area contributed by atoms with E-state index in [0.29, 0.717) is 10.8 Å². The number of hydrogen-bond acceptors (Lipinski definition) is 3. The number of aryl methyl sites for hydroxylation is 1. The van der Waals surface area contributed by atoms with Gasteiger partial charge in [0.2, 0.25) is 0 Å². The molecule has 2 rings (SSSR count). The number of benzene rings is 1. The molecule has 0 unspecified atom stereocenters. The molecule has 0 spiro atoms. The zero-order valence-electron chi connectivity index (χ0n) is 11.6. The quantitative estimate of drug-likeness (QED) is 0.902. The first kappa shape index (κ1) is 14.5. The number of sulfone groups is 1. The third-order valence-corrected chi connectivity index (χ3v) is 5.68. The molecule has 0 radical (unpaired) electrons. The minimum absolute atomic E-state index is 0.278. The Labute approximate surface area is 116 Å². The standard InChI is InChI=1S/C15H23NO2S/c1-13-4-6-15(7-5-13)19(17,18)12-2-3-14-8-10-16-11-9-14/h4-7,14,16H,2-3,8-12H2,1H3. The second-order valence-corrected chi connectivity index (χ2v) is 7.58. The average molecular weight is 281 g/mol. The SMILES string of the molecule is Cc1ccc(S(=O)(=O)CCCC2CCNCC2)cc1. The van der Waals surface area contributed by atoms with Crippen molar-refractivity contribution in [3.63, 3.8) is 0 Å². The van der Waals surface area contributed by atoms with E-state index in [4.69, 9.17) is 0 Å². The third kappa shape index (κ3) is 4.32. The summed E-state index contributed by atoms with van der Waals surface area (Å²) in [5.74, 6) is 0.981. The molecule has 0 bridgehead atoms. The van der Waals surface area contributed by atoms with E-state index in [1.807, 2.05) is 19.1 Å². The van der Waals surface area contributed by atoms with Crippen LogP contribution in [0.2, 0.25) is 0 Å². The lowest BCUT2D eigenvalue weighted by molar-refractivity contribution is 0.351. The van der Waals surface area contributed by atoms with Crippen molar-refractivity contribution in [2.45, 2.75) is 37.5 Å². The Morgan fingerprint density at radius 2 is 1.79 bits per heavy atom. The van der Waals surface area contributed by atoms with Crippen LogP contribution in [0, 0.1) is 12.8 Å². The van der Waals surface area contributed by atoms with Crippen molar-refractivity contribution in [1.82, 2.24) is 5.32 Å². The van der Waals surface area contributed by atoms with Gasteiger partial charge in [0.25, 0.3) is 0 Å². The number of piperidine rings is 1. The van der Waals surface area contributed by atoms with Gasteiger partial charge in [-0.2, -0.15) is 0 Å². The molecule has 1 aliphatic heterocycles. The van der Waals surface area contributed by atoms with Gasteiger partial charge in [-0.05, 0) is 63.7 Å². The minimum atomic E-state index is -3.09. The first-order valence-corrected chi connectivity index (χ1v) is 8.73. The van der Waals surface area contributed by atoms with Gasteiger partial charge in [0, 0.05) is 0 Å². The molecule has 4 heteroatoms. The molecule has 0 amide bonds. The summed E-state index contributed by atoms with van der Waals surface area (Å²) < 4.78 is 24.3. The Balaban J connectivity index is 1.85. The van der Waals surface area contributed by atoms with Crippen molar-refractivity contribution in [3.8, 4) is 0 Å². The lowest BCUT2D eigenvalue weighted by Gasteiger charge is -2.22. The Bertz CT molecular complexity index is 487. The molecule has 1 N–H and O–H groups in total. The molecule has 0 saturated carbocycles. The predicted molar refractivity (Wildman–Crippen MR) is 78.1 cm³/mol. The van der Waals surface area contributed by atoms with E-state index in [0.717, 1.165) is 31.5 Å². The van der Waals surface area contributed by atoms with Crippen molar-refractivity contribution in [1.29, 1.82) is 0 Å². The smallest absolute Gasteiger partial charge is 0.178 e. The molecule has 19 heavy (non-hydrogen) atoms. The van der Waals surface area contributed by atoms with Crippen LogP contribution in [0.1, 0.15) is 31.2 Å². The summed E-state index contributed by atoms with van der Waals surface area (Å²) in [5.41, 5.74) is 1.09. The van der Waals surface area contributed by atoms with Gasteiger partial charge >= 0.3 is 0 Å². The van der Waals surface area contributed by atoms with E-state index in [1.54, 1.807) is 12.1 Å². The highest BCUT2D eigenvalue weighted by Gasteiger charge is 2.17. The van der Waals surface area contributed by atoms with Crippen LogP contribution in [0.4, 0.5) is 0 Å². The fourth-order valence-electron chi connectivity index (χ4n) is 2.60. The summed E-state index contributed by atoms with van der Waals surface area (Å²) in [6.45, 7) is 4.12. The van der Waals surface area contributed by atoms with Gasteiger partial charge in [0.05, 0.1) is 10.6 Å². The van der Waals surface area contributed by atoms with Gasteiger partial charge in [-0.25, -0.2) is 8.42 Å². The molecule has 1 saturated heterocycles. The van der Waals surface area contributed by atoms with Crippen LogP contribution < -0.4 is 5.32 Å². The van der Waals surface area contributed by atoms with Crippen molar-refractivity contribution in [3.05, 3.63) is 29.8 Å². The maximum Gasteiger partial charge on any atom is 0.178 e. The fourth-order valence-corrected chi connectivity index (χ4v) is 3.93. The van der Waals surface area contributed by atoms with E-state index < -0.39 is 9.84 Å². The van der Waals surface area contributed by atoms with Gasteiger partial charge in [0.15, 0.2) is 9.84 Å². The van der Waals surface area contributed by atoms with Crippen LogP contribution in [0.3, 0.4) is 0 Å². The zero-order valence-corrected chi connectivity index (χ0v) is 12.4. The van der Waals surface area contributed by atoms with Gasteiger partial charge in [-0.15, -0.1) is 0 Å². The molecule has 0 atom stereocenters. The summed E-state index contributed by atoms with van der Waals surface area (Å²) in [4.78, 5) is 0.461. The van der Waals surface area contributed by atoms with Crippen molar-refractivity contribution in [2.75, 3.05) is 18.8 Å². The minimum Gasteiger partial charge on any atom is -0.317 e. The summed E-state index contributed by atoms with van der Waals surface area (Å²) in [6, 6.07) is 7.16. The van der Waals surface area contributed by atoms with Gasteiger partial charge in [-0.1, -0.05) is 17.7 Å². The Morgan fingerprint density at radius 3 is 2.42 bits per heavy atom. The van der Waals surface area contributed by atoms with Crippen LogP contribution in [0.5, 0.6) is 0 Å². The van der Waals surface area contributed by atoms with E-state index >= 15 is 0 Å². The van der Waals surface area contributed by atoms with Gasteiger partial charge in [0.1, 0.15) is 0 Å². The molecule has 1 fully saturated rings. The molecule has 3 nitrogen and oxygen atoms in total.